The van der Waals surface area contributed by atoms with Crippen LogP contribution in [0.2, 0.25) is 5.02 Å². The van der Waals surface area contributed by atoms with Gasteiger partial charge in [-0.05, 0) is 61.2 Å². The highest BCUT2D eigenvalue weighted by Gasteiger charge is 2.27. The van der Waals surface area contributed by atoms with E-state index in [0.717, 1.165) is 34.7 Å². The first-order valence-corrected chi connectivity index (χ1v) is 11.4. The highest BCUT2D eigenvalue weighted by Crippen LogP contribution is 2.39. The fraction of sp³-hybridized carbons (Fsp3) is 0.192. The molecule has 174 valence electrons. The Hall–Kier alpha value is -4.09. The van der Waals surface area contributed by atoms with Gasteiger partial charge < -0.3 is 0 Å². The number of aryl methyl sites for hydroxylation is 1. The molecule has 0 aliphatic heterocycles. The van der Waals surface area contributed by atoms with Crippen LogP contribution in [0.3, 0.4) is 0 Å². The Morgan fingerprint density at radius 3 is 2.51 bits per heavy atom. The van der Waals surface area contributed by atoms with E-state index in [1.54, 1.807) is 31.5 Å². The average molecular weight is 488 g/mol. The van der Waals surface area contributed by atoms with Gasteiger partial charge in [-0.3, -0.25) is 19.3 Å². The summed E-state index contributed by atoms with van der Waals surface area (Å²) in [7, 11) is 0. The van der Waals surface area contributed by atoms with Crippen LogP contribution >= 0.6 is 11.6 Å². The topological polar surface area (TPSA) is 93.6 Å². The van der Waals surface area contributed by atoms with E-state index in [-0.39, 0.29) is 28.5 Å². The lowest BCUT2D eigenvalue weighted by atomic mass is 10.00. The maximum absolute atomic E-state index is 14.0. The first-order valence-electron chi connectivity index (χ1n) is 11.0. The van der Waals surface area contributed by atoms with Crippen molar-refractivity contribution in [1.82, 2.24) is 19.1 Å². The van der Waals surface area contributed by atoms with E-state index in [1.165, 1.54) is 22.9 Å². The van der Waals surface area contributed by atoms with E-state index < -0.39 is 17.1 Å². The first-order chi connectivity index (χ1) is 16.9. The number of halogens is 2. The van der Waals surface area contributed by atoms with E-state index in [2.05, 4.69) is 9.97 Å². The van der Waals surface area contributed by atoms with Crippen LogP contribution in [0, 0.1) is 24.1 Å². The summed E-state index contributed by atoms with van der Waals surface area (Å²) in [5, 5.41) is 9.39. The summed E-state index contributed by atoms with van der Waals surface area (Å²) in [6, 6.07) is 11.2. The van der Waals surface area contributed by atoms with E-state index in [1.807, 2.05) is 12.1 Å². The molecule has 0 saturated heterocycles. The minimum atomic E-state index is -0.692. The minimum absolute atomic E-state index is 0.101. The summed E-state index contributed by atoms with van der Waals surface area (Å²) >= 11 is 6.06. The number of nitriles is 1. The van der Waals surface area contributed by atoms with Crippen molar-refractivity contribution < 1.29 is 4.39 Å². The van der Waals surface area contributed by atoms with Gasteiger partial charge in [0.05, 0.1) is 34.2 Å². The van der Waals surface area contributed by atoms with Crippen molar-refractivity contribution in [3.05, 3.63) is 97.9 Å². The van der Waals surface area contributed by atoms with Crippen molar-refractivity contribution in [1.29, 1.82) is 5.26 Å². The predicted octanol–water partition coefficient (Wildman–Crippen LogP) is 4.63. The van der Waals surface area contributed by atoms with Crippen molar-refractivity contribution >= 4 is 11.6 Å². The smallest absolute Gasteiger partial charge is 0.278 e. The molecular formula is C26H19ClFN5O2. The fourth-order valence-electron chi connectivity index (χ4n) is 4.14. The molecule has 5 rings (SSSR count). The molecule has 4 aromatic rings. The monoisotopic (exact) mass is 487 g/mol. The number of hydrogen-bond acceptors (Lipinski definition) is 5. The quantitative estimate of drug-likeness (QED) is 0.409. The van der Waals surface area contributed by atoms with E-state index in [9.17, 15) is 19.2 Å². The molecule has 1 aliphatic carbocycles. The number of nitrogens with zero attached hydrogens (tertiary/aromatic N) is 5. The second kappa shape index (κ2) is 8.93. The van der Waals surface area contributed by atoms with Gasteiger partial charge in [-0.15, -0.1) is 0 Å². The lowest BCUT2D eigenvalue weighted by Crippen LogP contribution is -2.40. The molecule has 35 heavy (non-hydrogen) atoms. The molecule has 3 aromatic heterocycles. The third-order valence-corrected chi connectivity index (χ3v) is 6.25. The third kappa shape index (κ3) is 4.15. The van der Waals surface area contributed by atoms with E-state index >= 15 is 0 Å². The lowest BCUT2D eigenvalue weighted by Gasteiger charge is -2.19. The van der Waals surface area contributed by atoms with Gasteiger partial charge in [0.15, 0.2) is 0 Å². The Morgan fingerprint density at radius 2 is 1.89 bits per heavy atom. The first kappa shape index (κ1) is 22.7. The summed E-state index contributed by atoms with van der Waals surface area (Å²) in [4.78, 5) is 36.2. The van der Waals surface area contributed by atoms with Crippen LogP contribution < -0.4 is 11.2 Å². The Morgan fingerprint density at radius 1 is 1.11 bits per heavy atom. The van der Waals surface area contributed by atoms with Crippen molar-refractivity contribution in [2.45, 2.75) is 32.2 Å². The van der Waals surface area contributed by atoms with Crippen molar-refractivity contribution in [2.24, 2.45) is 0 Å². The predicted molar refractivity (Wildman–Crippen MR) is 130 cm³/mol. The molecule has 0 atom stereocenters. The van der Waals surface area contributed by atoms with Gasteiger partial charge in [0.2, 0.25) is 0 Å². The van der Waals surface area contributed by atoms with Crippen molar-refractivity contribution in [2.75, 3.05) is 0 Å². The molecule has 3 heterocycles. The molecule has 0 radical (unpaired) electrons. The maximum Gasteiger partial charge on any atom is 0.337 e. The molecule has 0 bridgehead atoms. The molecule has 7 nitrogen and oxygen atoms in total. The molecule has 1 aliphatic rings. The average Bonchev–Trinajstić information content (AvgIpc) is 3.69. The summed E-state index contributed by atoms with van der Waals surface area (Å²) in [6.45, 7) is 1.47. The molecule has 1 aromatic carbocycles. The van der Waals surface area contributed by atoms with Crippen LogP contribution in [0.25, 0.3) is 28.1 Å². The second-order valence-corrected chi connectivity index (χ2v) is 8.89. The number of pyridine rings is 2. The minimum Gasteiger partial charge on any atom is -0.278 e. The van der Waals surface area contributed by atoms with Crippen LogP contribution in [0.1, 0.15) is 30.0 Å². The number of benzene rings is 1. The maximum atomic E-state index is 14.0. The van der Waals surface area contributed by atoms with Crippen molar-refractivity contribution in [3.8, 4) is 34.1 Å². The van der Waals surface area contributed by atoms with Crippen LogP contribution in [0.15, 0.2) is 64.6 Å². The van der Waals surface area contributed by atoms with Crippen LogP contribution in [-0.2, 0) is 6.54 Å². The fourth-order valence-corrected chi connectivity index (χ4v) is 4.32. The van der Waals surface area contributed by atoms with Gasteiger partial charge in [-0.1, -0.05) is 17.7 Å². The zero-order chi connectivity index (χ0) is 24.7. The van der Waals surface area contributed by atoms with Gasteiger partial charge in [0.1, 0.15) is 12.4 Å². The molecule has 1 saturated carbocycles. The molecule has 0 spiro atoms. The van der Waals surface area contributed by atoms with E-state index in [0.29, 0.717) is 17.0 Å². The molecular weight excluding hydrogens is 469 g/mol. The van der Waals surface area contributed by atoms with E-state index in [4.69, 9.17) is 11.6 Å². The zero-order valence-electron chi connectivity index (χ0n) is 18.7. The second-order valence-electron chi connectivity index (χ2n) is 8.49. The Kier molecular flexibility index (Phi) is 5.79. The van der Waals surface area contributed by atoms with Gasteiger partial charge in [0.25, 0.3) is 5.56 Å². The normalized spacial score (nSPS) is 13.0. The highest BCUT2D eigenvalue weighted by atomic mass is 35.5. The number of hydrogen-bond donors (Lipinski definition) is 0. The number of rotatable bonds is 5. The third-order valence-electron chi connectivity index (χ3n) is 5.96. The number of aromatic nitrogens is 4. The Labute approximate surface area is 204 Å². The zero-order valence-corrected chi connectivity index (χ0v) is 19.5. The standard InChI is InChI=1S/C26H19ClFN5O2/c1-15-10-19(14-30-12-15)33-25(34)23(17-4-6-21(28)20(27)11-17)24(32(9-8-29)26(33)35)18-5-7-22(31-13-18)16-2-3-16/h4-7,10-14,16H,2-3,9H2,1H3. The van der Waals surface area contributed by atoms with Gasteiger partial charge >= 0.3 is 5.69 Å². The molecule has 0 N–H and O–H groups in total. The molecule has 9 heteroatoms. The summed E-state index contributed by atoms with van der Waals surface area (Å²) < 4.78 is 16.2. The molecule has 0 unspecified atom stereocenters. The highest BCUT2D eigenvalue weighted by molar-refractivity contribution is 6.31. The SMILES string of the molecule is Cc1cncc(-n2c(=O)c(-c3ccc(F)c(Cl)c3)c(-c3ccc(C4CC4)nc3)n(CC#N)c2=O)c1. The van der Waals surface area contributed by atoms with Crippen LogP contribution in [0.5, 0.6) is 0 Å². The Balaban J connectivity index is 1.88. The van der Waals surface area contributed by atoms with Gasteiger partial charge in [0, 0.05) is 29.6 Å². The van der Waals surface area contributed by atoms with Gasteiger partial charge in [-0.2, -0.15) is 5.26 Å². The summed E-state index contributed by atoms with van der Waals surface area (Å²) in [5.41, 5.74) is 1.73. The van der Waals surface area contributed by atoms with Crippen LogP contribution in [0.4, 0.5) is 4.39 Å². The van der Waals surface area contributed by atoms with Gasteiger partial charge in [-0.25, -0.2) is 13.8 Å². The van der Waals surface area contributed by atoms with Crippen molar-refractivity contribution in [3.63, 3.8) is 0 Å². The van der Waals surface area contributed by atoms with Crippen LogP contribution in [-0.4, -0.2) is 19.1 Å². The largest absolute Gasteiger partial charge is 0.337 e. The summed E-state index contributed by atoms with van der Waals surface area (Å²) in [6.07, 6.45) is 6.75. The lowest BCUT2D eigenvalue weighted by molar-refractivity contribution is 0.628. The molecule has 1 fully saturated rings. The summed E-state index contributed by atoms with van der Waals surface area (Å²) in [5.74, 6) is -0.219. The molecule has 0 amide bonds. The Bertz CT molecular complexity index is 1620.